The number of nitrogens with one attached hydrogen (secondary N) is 1. The van der Waals surface area contributed by atoms with E-state index >= 15 is 0 Å². The molecule has 2 heterocycles. The van der Waals surface area contributed by atoms with E-state index in [9.17, 15) is 9.18 Å². The van der Waals surface area contributed by atoms with Gasteiger partial charge in [0, 0.05) is 31.7 Å². The number of amides is 1. The van der Waals surface area contributed by atoms with Crippen LogP contribution < -0.4 is 5.32 Å². The number of aryl methyl sites for hydroxylation is 1. The van der Waals surface area contributed by atoms with Crippen LogP contribution in [0.5, 0.6) is 0 Å². The predicted molar refractivity (Wildman–Crippen MR) is 68.0 cm³/mol. The van der Waals surface area contributed by atoms with E-state index in [1.165, 1.54) is 18.3 Å². The molecule has 1 N–H and O–H groups in total. The van der Waals surface area contributed by atoms with E-state index < -0.39 is 11.7 Å². The van der Waals surface area contributed by atoms with Crippen molar-refractivity contribution in [3.05, 3.63) is 48.6 Å². The second kappa shape index (κ2) is 6.63. The number of halogens is 1. The molecule has 0 radical (unpaired) electrons. The Balaban J connectivity index is 1.68. The first-order valence-electron chi connectivity index (χ1n) is 6.12. The first kappa shape index (κ1) is 13.2. The first-order chi connectivity index (χ1) is 9.27. The quantitative estimate of drug-likeness (QED) is 0.805. The third-order valence-corrected chi connectivity index (χ3v) is 2.66. The maximum Gasteiger partial charge on any atom is 0.272 e. The minimum atomic E-state index is -0.599. The highest BCUT2D eigenvalue weighted by Crippen LogP contribution is 2.02. The lowest BCUT2D eigenvalue weighted by molar-refractivity contribution is 0.0943. The van der Waals surface area contributed by atoms with E-state index in [0.29, 0.717) is 6.54 Å². The van der Waals surface area contributed by atoms with Crippen molar-refractivity contribution in [3.8, 4) is 0 Å². The summed E-state index contributed by atoms with van der Waals surface area (Å²) in [4.78, 5) is 19.3. The Morgan fingerprint density at radius 2 is 2.26 bits per heavy atom. The van der Waals surface area contributed by atoms with Gasteiger partial charge in [-0.3, -0.25) is 4.79 Å². The highest BCUT2D eigenvalue weighted by molar-refractivity contribution is 5.92. The van der Waals surface area contributed by atoms with Crippen LogP contribution >= 0.6 is 0 Å². The number of carbonyl (C=O) groups is 1. The van der Waals surface area contributed by atoms with Gasteiger partial charge in [0.05, 0.1) is 6.33 Å². The van der Waals surface area contributed by atoms with Gasteiger partial charge in [-0.15, -0.1) is 0 Å². The number of aromatic nitrogens is 3. The van der Waals surface area contributed by atoms with Crippen LogP contribution in [-0.4, -0.2) is 27.0 Å². The van der Waals surface area contributed by atoms with Crippen LogP contribution in [0.3, 0.4) is 0 Å². The zero-order valence-corrected chi connectivity index (χ0v) is 10.4. The van der Waals surface area contributed by atoms with Crippen molar-refractivity contribution >= 4 is 5.91 Å². The summed E-state index contributed by atoms with van der Waals surface area (Å²) >= 11 is 0. The molecule has 100 valence electrons. The van der Waals surface area contributed by atoms with Crippen molar-refractivity contribution < 1.29 is 9.18 Å². The average Bonchev–Trinajstić information content (AvgIpc) is 2.92. The largest absolute Gasteiger partial charge is 0.351 e. The van der Waals surface area contributed by atoms with Gasteiger partial charge in [-0.2, -0.15) is 0 Å². The van der Waals surface area contributed by atoms with Crippen LogP contribution in [-0.2, 0) is 6.54 Å². The summed E-state index contributed by atoms with van der Waals surface area (Å²) in [6.45, 7) is 1.36. The number of carbonyl (C=O) groups excluding carboxylic acids is 1. The van der Waals surface area contributed by atoms with Gasteiger partial charge in [-0.1, -0.05) is 0 Å². The van der Waals surface area contributed by atoms with Crippen LogP contribution in [0.2, 0.25) is 0 Å². The standard InChI is InChI=1S/C13H15FN4O/c14-11-4-3-6-16-12(11)13(19)17-5-1-2-8-18-9-7-15-10-18/h3-4,6-7,9-10H,1-2,5,8H2,(H,17,19). The molecule has 0 bridgehead atoms. The molecule has 0 aliphatic heterocycles. The number of imidazole rings is 1. The highest BCUT2D eigenvalue weighted by atomic mass is 19.1. The van der Waals surface area contributed by atoms with E-state index in [-0.39, 0.29) is 5.69 Å². The van der Waals surface area contributed by atoms with Crippen LogP contribution in [0, 0.1) is 5.82 Å². The molecular weight excluding hydrogens is 247 g/mol. The summed E-state index contributed by atoms with van der Waals surface area (Å²) in [7, 11) is 0. The van der Waals surface area contributed by atoms with Gasteiger partial charge in [-0.25, -0.2) is 14.4 Å². The zero-order chi connectivity index (χ0) is 13.5. The number of unbranched alkanes of at least 4 members (excludes halogenated alkanes) is 1. The molecule has 0 saturated carbocycles. The van der Waals surface area contributed by atoms with E-state index in [1.807, 2.05) is 10.8 Å². The second-order valence-corrected chi connectivity index (χ2v) is 4.10. The molecule has 0 aliphatic rings. The maximum atomic E-state index is 13.3. The van der Waals surface area contributed by atoms with Crippen LogP contribution in [0.25, 0.3) is 0 Å². The van der Waals surface area contributed by atoms with Gasteiger partial charge in [0.2, 0.25) is 0 Å². The Kier molecular flexibility index (Phi) is 4.60. The van der Waals surface area contributed by atoms with E-state index in [2.05, 4.69) is 15.3 Å². The van der Waals surface area contributed by atoms with Gasteiger partial charge >= 0.3 is 0 Å². The summed E-state index contributed by atoms with van der Waals surface area (Å²) in [5.41, 5.74) is -0.155. The van der Waals surface area contributed by atoms with E-state index in [0.717, 1.165) is 19.4 Å². The fraction of sp³-hybridized carbons (Fsp3) is 0.308. The summed E-state index contributed by atoms with van der Waals surface area (Å²) in [6, 6.07) is 2.68. The zero-order valence-electron chi connectivity index (χ0n) is 10.4. The number of nitrogens with zero attached hydrogens (tertiary/aromatic N) is 3. The maximum absolute atomic E-state index is 13.3. The SMILES string of the molecule is O=C(NCCCCn1ccnc1)c1ncccc1F. The molecule has 0 aliphatic carbocycles. The molecular formula is C13H15FN4O. The molecule has 0 aromatic carbocycles. The Morgan fingerprint density at radius 1 is 1.37 bits per heavy atom. The van der Waals surface area contributed by atoms with Gasteiger partial charge in [0.1, 0.15) is 0 Å². The highest BCUT2D eigenvalue weighted by Gasteiger charge is 2.11. The third kappa shape index (κ3) is 3.87. The Labute approximate surface area is 110 Å². The number of pyridine rings is 1. The summed E-state index contributed by atoms with van der Waals surface area (Å²) < 4.78 is 15.2. The monoisotopic (exact) mass is 262 g/mol. The predicted octanol–water partition coefficient (Wildman–Crippen LogP) is 1.63. The lowest BCUT2D eigenvalue weighted by atomic mass is 10.3. The Hall–Kier alpha value is -2.24. The lowest BCUT2D eigenvalue weighted by Gasteiger charge is -2.05. The van der Waals surface area contributed by atoms with Gasteiger partial charge in [0.25, 0.3) is 5.91 Å². The minimum absolute atomic E-state index is 0.155. The summed E-state index contributed by atoms with van der Waals surface area (Å²) in [5.74, 6) is -1.07. The Bertz CT molecular complexity index is 527. The normalized spacial score (nSPS) is 10.4. The second-order valence-electron chi connectivity index (χ2n) is 4.10. The fourth-order valence-corrected chi connectivity index (χ4v) is 1.68. The van der Waals surface area contributed by atoms with Gasteiger partial charge in [0.15, 0.2) is 11.5 Å². The van der Waals surface area contributed by atoms with Crippen molar-refractivity contribution in [1.29, 1.82) is 0 Å². The number of hydrogen-bond acceptors (Lipinski definition) is 3. The average molecular weight is 262 g/mol. The van der Waals surface area contributed by atoms with Gasteiger partial charge < -0.3 is 9.88 Å². The fourth-order valence-electron chi connectivity index (χ4n) is 1.68. The molecule has 2 aromatic heterocycles. The molecule has 0 saturated heterocycles. The smallest absolute Gasteiger partial charge is 0.272 e. The molecule has 2 rings (SSSR count). The van der Waals surface area contributed by atoms with Crippen molar-refractivity contribution in [2.75, 3.05) is 6.54 Å². The van der Waals surface area contributed by atoms with E-state index in [4.69, 9.17) is 0 Å². The summed E-state index contributed by atoms with van der Waals surface area (Å²) in [6.07, 6.45) is 8.51. The van der Waals surface area contributed by atoms with Crippen LogP contribution in [0.1, 0.15) is 23.3 Å². The molecule has 5 nitrogen and oxygen atoms in total. The minimum Gasteiger partial charge on any atom is -0.351 e. The molecule has 2 aromatic rings. The topological polar surface area (TPSA) is 59.8 Å². The molecule has 1 amide bonds. The van der Waals surface area contributed by atoms with E-state index in [1.54, 1.807) is 12.5 Å². The Morgan fingerprint density at radius 3 is 3.00 bits per heavy atom. The van der Waals surface area contributed by atoms with Crippen molar-refractivity contribution in [2.45, 2.75) is 19.4 Å². The molecule has 6 heteroatoms. The first-order valence-corrected chi connectivity index (χ1v) is 6.12. The molecule has 0 fully saturated rings. The van der Waals surface area contributed by atoms with Crippen molar-refractivity contribution in [2.24, 2.45) is 0 Å². The number of hydrogen-bond donors (Lipinski definition) is 1. The molecule has 0 unspecified atom stereocenters. The molecule has 0 atom stereocenters. The molecule has 0 spiro atoms. The third-order valence-electron chi connectivity index (χ3n) is 2.66. The van der Waals surface area contributed by atoms with Crippen LogP contribution in [0.15, 0.2) is 37.1 Å². The molecule has 19 heavy (non-hydrogen) atoms. The lowest BCUT2D eigenvalue weighted by Crippen LogP contribution is -2.26. The number of rotatable bonds is 6. The van der Waals surface area contributed by atoms with Crippen molar-refractivity contribution in [1.82, 2.24) is 19.9 Å². The van der Waals surface area contributed by atoms with Crippen LogP contribution in [0.4, 0.5) is 4.39 Å². The van der Waals surface area contributed by atoms with Crippen molar-refractivity contribution in [3.63, 3.8) is 0 Å². The van der Waals surface area contributed by atoms with Gasteiger partial charge in [-0.05, 0) is 25.0 Å². The summed E-state index contributed by atoms with van der Waals surface area (Å²) in [5, 5.41) is 2.65.